The summed E-state index contributed by atoms with van der Waals surface area (Å²) >= 11 is 0. The van der Waals surface area contributed by atoms with Crippen molar-refractivity contribution in [2.45, 2.75) is 0 Å². The molecule has 0 saturated carbocycles. The molecule has 0 bridgehead atoms. The van der Waals surface area contributed by atoms with E-state index >= 15 is 0 Å². The van der Waals surface area contributed by atoms with Crippen molar-refractivity contribution < 1.29 is 14.8 Å². The van der Waals surface area contributed by atoms with Crippen LogP contribution in [0.1, 0.15) is 5.56 Å². The lowest BCUT2D eigenvalue weighted by molar-refractivity contribution is -0.400. The molecule has 0 aliphatic rings. The molecule has 0 amide bonds. The molecule has 0 spiro atoms. The monoisotopic (exact) mass is 195 g/mol. The van der Waals surface area contributed by atoms with Gasteiger partial charge >= 0.3 is 0 Å². The molecule has 0 radical (unpaired) electrons. The van der Waals surface area contributed by atoms with Crippen molar-refractivity contribution in [2.24, 2.45) is 0 Å². The molecule has 0 saturated heterocycles. The second kappa shape index (κ2) is 4.27. The first kappa shape index (κ1) is 10.0. The van der Waals surface area contributed by atoms with Crippen molar-refractivity contribution in [1.29, 1.82) is 0 Å². The van der Waals surface area contributed by atoms with E-state index in [1.54, 1.807) is 6.07 Å². The summed E-state index contributed by atoms with van der Waals surface area (Å²) in [7, 11) is 1.47. The number of ether oxygens (including phenoxy) is 1. The van der Waals surface area contributed by atoms with Gasteiger partial charge in [0.15, 0.2) is 0 Å². The number of phenols is 1. The number of rotatable bonds is 3. The fourth-order valence-corrected chi connectivity index (χ4v) is 0.933. The molecule has 1 aromatic carbocycles. The number of nitro groups is 1. The van der Waals surface area contributed by atoms with Crippen molar-refractivity contribution in [2.75, 3.05) is 7.11 Å². The zero-order valence-electron chi connectivity index (χ0n) is 7.51. The van der Waals surface area contributed by atoms with Gasteiger partial charge in [-0.2, -0.15) is 0 Å². The molecule has 0 aliphatic heterocycles. The van der Waals surface area contributed by atoms with E-state index in [2.05, 4.69) is 0 Å². The van der Waals surface area contributed by atoms with E-state index in [1.165, 1.54) is 25.3 Å². The zero-order chi connectivity index (χ0) is 10.6. The van der Waals surface area contributed by atoms with Gasteiger partial charge in [0.25, 0.3) is 0 Å². The summed E-state index contributed by atoms with van der Waals surface area (Å²) in [4.78, 5) is 9.43. The van der Waals surface area contributed by atoms with Crippen molar-refractivity contribution in [3.63, 3.8) is 0 Å². The van der Waals surface area contributed by atoms with Crippen molar-refractivity contribution in [3.05, 3.63) is 40.1 Å². The first-order chi connectivity index (χ1) is 6.63. The number of aromatic hydroxyl groups is 1. The van der Waals surface area contributed by atoms with Crippen LogP contribution < -0.4 is 4.74 Å². The predicted molar refractivity (Wildman–Crippen MR) is 50.7 cm³/mol. The third-order valence-corrected chi connectivity index (χ3v) is 1.61. The highest BCUT2D eigenvalue weighted by molar-refractivity contribution is 5.57. The summed E-state index contributed by atoms with van der Waals surface area (Å²) in [6, 6.07) is 4.53. The SMILES string of the molecule is COc1ccc(C=C[N+](=O)[O-])c(O)c1. The highest BCUT2D eigenvalue weighted by Gasteiger charge is 2.00. The maximum atomic E-state index is 10.0. The molecule has 0 heterocycles. The van der Waals surface area contributed by atoms with Gasteiger partial charge in [0.05, 0.1) is 12.0 Å². The lowest BCUT2D eigenvalue weighted by Gasteiger charge is -2.01. The number of benzene rings is 1. The fourth-order valence-electron chi connectivity index (χ4n) is 0.933. The zero-order valence-corrected chi connectivity index (χ0v) is 7.51. The van der Waals surface area contributed by atoms with Gasteiger partial charge in [-0.25, -0.2) is 0 Å². The molecule has 0 atom stereocenters. The average molecular weight is 195 g/mol. The van der Waals surface area contributed by atoms with Crippen LogP contribution >= 0.6 is 0 Å². The molecule has 1 N–H and O–H groups in total. The predicted octanol–water partition coefficient (Wildman–Crippen LogP) is 1.65. The number of hydrogen-bond donors (Lipinski definition) is 1. The molecule has 1 rings (SSSR count). The highest BCUT2D eigenvalue weighted by atomic mass is 16.6. The summed E-state index contributed by atoms with van der Waals surface area (Å²) < 4.78 is 4.86. The third kappa shape index (κ3) is 2.48. The Bertz CT molecular complexity index is 373. The van der Waals surface area contributed by atoms with Crippen molar-refractivity contribution in [1.82, 2.24) is 0 Å². The van der Waals surface area contributed by atoms with Crippen LogP contribution in [0.5, 0.6) is 11.5 Å². The Morgan fingerprint density at radius 3 is 2.79 bits per heavy atom. The van der Waals surface area contributed by atoms with E-state index in [1.807, 2.05) is 0 Å². The second-order valence-corrected chi connectivity index (χ2v) is 2.53. The Morgan fingerprint density at radius 2 is 2.29 bits per heavy atom. The van der Waals surface area contributed by atoms with Crippen molar-refractivity contribution in [3.8, 4) is 11.5 Å². The first-order valence-electron chi connectivity index (χ1n) is 3.82. The Labute approximate surface area is 80.4 Å². The summed E-state index contributed by atoms with van der Waals surface area (Å²) in [5.41, 5.74) is 0.377. The second-order valence-electron chi connectivity index (χ2n) is 2.53. The third-order valence-electron chi connectivity index (χ3n) is 1.61. The Kier molecular flexibility index (Phi) is 3.06. The molecule has 0 aromatic heterocycles. The largest absolute Gasteiger partial charge is 0.507 e. The minimum atomic E-state index is -0.594. The molecular formula is C9H9NO4. The standard InChI is InChI=1S/C9H9NO4/c1-14-8-3-2-7(9(11)6-8)4-5-10(12)13/h2-6,11H,1H3. The lowest BCUT2D eigenvalue weighted by atomic mass is 10.2. The number of phenolic OH excluding ortho intramolecular Hbond substituents is 1. The Balaban J connectivity index is 2.94. The van der Waals surface area contributed by atoms with Crippen LogP contribution in [0.15, 0.2) is 24.4 Å². The van der Waals surface area contributed by atoms with Gasteiger partial charge in [-0.05, 0) is 12.1 Å². The van der Waals surface area contributed by atoms with E-state index in [0.717, 1.165) is 6.20 Å². The summed E-state index contributed by atoms with van der Waals surface area (Å²) in [6.45, 7) is 0. The quantitative estimate of drug-likeness (QED) is 0.587. The molecule has 1 aromatic rings. The molecule has 74 valence electrons. The van der Waals surface area contributed by atoms with E-state index in [0.29, 0.717) is 11.3 Å². The van der Waals surface area contributed by atoms with E-state index in [-0.39, 0.29) is 5.75 Å². The molecule has 0 fully saturated rings. The summed E-state index contributed by atoms with van der Waals surface area (Å²) in [5, 5.41) is 19.4. The number of nitrogens with zero attached hydrogens (tertiary/aromatic N) is 1. The van der Waals surface area contributed by atoms with Crippen LogP contribution in [-0.4, -0.2) is 17.1 Å². The average Bonchev–Trinajstić information content (AvgIpc) is 2.15. The van der Waals surface area contributed by atoms with Crippen LogP contribution in [0.4, 0.5) is 0 Å². The molecule has 5 heteroatoms. The van der Waals surface area contributed by atoms with E-state index in [4.69, 9.17) is 4.74 Å². The fraction of sp³-hybridized carbons (Fsp3) is 0.111. The maximum Gasteiger partial charge on any atom is 0.235 e. The summed E-state index contributed by atoms with van der Waals surface area (Å²) in [5.74, 6) is 0.447. The molecule has 0 unspecified atom stereocenters. The molecule has 0 aliphatic carbocycles. The lowest BCUT2D eigenvalue weighted by Crippen LogP contribution is -1.85. The highest BCUT2D eigenvalue weighted by Crippen LogP contribution is 2.24. The summed E-state index contributed by atoms with van der Waals surface area (Å²) in [6.07, 6.45) is 1.98. The smallest absolute Gasteiger partial charge is 0.235 e. The molecule has 14 heavy (non-hydrogen) atoms. The van der Waals surface area contributed by atoms with Crippen LogP contribution in [0.2, 0.25) is 0 Å². The van der Waals surface area contributed by atoms with E-state index < -0.39 is 4.92 Å². The maximum absolute atomic E-state index is 10.0. The minimum Gasteiger partial charge on any atom is -0.507 e. The van der Waals surface area contributed by atoms with Crippen LogP contribution in [0.25, 0.3) is 6.08 Å². The van der Waals surface area contributed by atoms with Crippen LogP contribution in [0.3, 0.4) is 0 Å². The van der Waals surface area contributed by atoms with Gasteiger partial charge in [-0.1, -0.05) is 0 Å². The molecular weight excluding hydrogens is 186 g/mol. The van der Waals surface area contributed by atoms with Gasteiger partial charge in [0.1, 0.15) is 11.5 Å². The number of hydrogen-bond acceptors (Lipinski definition) is 4. The van der Waals surface area contributed by atoms with Gasteiger partial charge in [-0.3, -0.25) is 10.1 Å². The first-order valence-corrected chi connectivity index (χ1v) is 3.82. The van der Waals surface area contributed by atoms with Crippen LogP contribution in [0, 0.1) is 10.1 Å². The van der Waals surface area contributed by atoms with Gasteiger partial charge < -0.3 is 9.84 Å². The topological polar surface area (TPSA) is 72.6 Å². The Hall–Kier alpha value is -2.04. The normalized spacial score (nSPS) is 10.4. The van der Waals surface area contributed by atoms with Crippen LogP contribution in [-0.2, 0) is 0 Å². The van der Waals surface area contributed by atoms with Gasteiger partial charge in [-0.15, -0.1) is 0 Å². The van der Waals surface area contributed by atoms with Gasteiger partial charge in [0, 0.05) is 17.7 Å². The minimum absolute atomic E-state index is 0.0533. The van der Waals surface area contributed by atoms with E-state index in [9.17, 15) is 15.2 Å². The van der Waals surface area contributed by atoms with Gasteiger partial charge in [0.2, 0.25) is 6.20 Å². The Morgan fingerprint density at radius 1 is 1.57 bits per heavy atom. The van der Waals surface area contributed by atoms with Crippen molar-refractivity contribution >= 4 is 6.08 Å². The molecule has 5 nitrogen and oxygen atoms in total. The number of methoxy groups -OCH3 is 1.